The van der Waals surface area contributed by atoms with Crippen molar-refractivity contribution in [1.82, 2.24) is 4.90 Å². The molecule has 0 fully saturated rings. The monoisotopic (exact) mass is 1060 g/mol. The molecule has 0 saturated heterocycles. The summed E-state index contributed by atoms with van der Waals surface area (Å²) in [4.78, 5) is 25.8. The molecule has 0 spiro atoms. The molecule has 0 bridgehead atoms. The molecular formula is C40H43LiN9O17S4+. The predicted molar refractivity (Wildman–Crippen MR) is 249 cm³/mol. The molecule has 4 aromatic rings. The van der Waals surface area contributed by atoms with Crippen molar-refractivity contribution in [1.29, 1.82) is 0 Å². The number of nitrogens with zero attached hydrogens (tertiary/aromatic N) is 9. The van der Waals surface area contributed by atoms with E-state index in [1.54, 1.807) is 4.90 Å². The van der Waals surface area contributed by atoms with E-state index in [2.05, 4.69) is 30.7 Å². The molecule has 0 aromatic heterocycles. The maximum absolute atomic E-state index is 13.1. The Labute approximate surface area is 418 Å². The molecule has 0 aliphatic carbocycles. The number of hydrogen-bond donors (Lipinski definition) is 7. The van der Waals surface area contributed by atoms with Crippen molar-refractivity contribution >= 4 is 98.6 Å². The molecule has 0 radical (unpaired) electrons. The fourth-order valence-electron chi connectivity index (χ4n) is 6.35. The third-order valence-electron chi connectivity index (χ3n) is 9.77. The maximum Gasteiger partial charge on any atom is 1.00 e. The zero-order valence-electron chi connectivity index (χ0n) is 37.5. The Morgan fingerprint density at radius 1 is 0.535 bits per heavy atom. The van der Waals surface area contributed by atoms with Crippen LogP contribution in [0.2, 0.25) is 0 Å². The van der Waals surface area contributed by atoms with Gasteiger partial charge < -0.3 is 15.3 Å². The van der Waals surface area contributed by atoms with Crippen LogP contribution in [0.3, 0.4) is 0 Å². The van der Waals surface area contributed by atoms with Crippen LogP contribution in [-0.4, -0.2) is 147 Å². The number of anilines is 2. The normalized spacial score (nSPS) is 16.8. The summed E-state index contributed by atoms with van der Waals surface area (Å²) < 4.78 is 133. The smallest absolute Gasteiger partial charge is 0.395 e. The average molecular weight is 1060 g/mol. The molecule has 2 unspecified atom stereocenters. The fourth-order valence-corrected chi connectivity index (χ4v) is 8.71. The molecule has 4 aromatic carbocycles. The van der Waals surface area contributed by atoms with Gasteiger partial charge >= 0.3 is 18.9 Å². The van der Waals surface area contributed by atoms with Gasteiger partial charge in [0.1, 0.15) is 9.79 Å². The molecule has 2 amide bonds. The quantitative estimate of drug-likeness (QED) is 0.0295. The molecule has 2 aliphatic rings. The van der Waals surface area contributed by atoms with Crippen molar-refractivity contribution in [3.63, 3.8) is 0 Å². The van der Waals surface area contributed by atoms with Crippen LogP contribution in [0, 0.1) is 0 Å². The molecule has 7 N–H and O–H groups in total. The first-order valence-corrected chi connectivity index (χ1v) is 25.7. The maximum atomic E-state index is 13.1. The van der Waals surface area contributed by atoms with Crippen molar-refractivity contribution in [3.05, 3.63) is 96.1 Å². The molecule has 71 heavy (non-hydrogen) atoms. The first kappa shape index (κ1) is 57.8. The van der Waals surface area contributed by atoms with E-state index in [0.29, 0.717) is 19.6 Å². The molecule has 2 atom stereocenters. The standard InChI is InChI=1S/C34H28N8O14S4.C6H15NO3.Li/c1-19-31(33(43)41(39-19)25-9-13-27(14-10-25)57(45,46)47)37-35-23-7-5-21(29(17-23)59(51,52)53)3-4-22-6-8-24(18-30(22)60(54,55)56)36-38-32-20(2)40-42(34(32)44)26-11-15-28(16-12-26)58(48,49)50;8-4-1-7(2-5-9)3-6-10;/h3-18,31-32H,1-2H3,(H,45,46,47)(H,48,49,50)(H,51,52,53)(H,54,55,56);8-10H,1-6H2;/q;;+1/b4-3+,37-35?,38-36?;;. The molecule has 2 aliphatic heterocycles. The van der Waals surface area contributed by atoms with Crippen molar-refractivity contribution in [3.8, 4) is 0 Å². The van der Waals surface area contributed by atoms with Gasteiger partial charge in [0.2, 0.25) is 0 Å². The zero-order valence-corrected chi connectivity index (χ0v) is 40.8. The van der Waals surface area contributed by atoms with Crippen LogP contribution >= 0.6 is 0 Å². The Morgan fingerprint density at radius 2 is 0.859 bits per heavy atom. The summed E-state index contributed by atoms with van der Waals surface area (Å²) >= 11 is 0. The second kappa shape index (κ2) is 24.1. The molecule has 2 heterocycles. The predicted octanol–water partition coefficient (Wildman–Crippen LogP) is -0.137. The number of carbonyl (C=O) groups is 2. The summed E-state index contributed by atoms with van der Waals surface area (Å²) in [5.74, 6) is -1.39. The topological polar surface area (TPSA) is 396 Å². The van der Waals surface area contributed by atoms with Crippen LogP contribution < -0.4 is 28.9 Å². The van der Waals surface area contributed by atoms with Gasteiger partial charge in [-0.2, -0.15) is 74.3 Å². The van der Waals surface area contributed by atoms with Gasteiger partial charge in [0.25, 0.3) is 52.3 Å². The van der Waals surface area contributed by atoms with E-state index in [4.69, 9.17) is 15.3 Å². The van der Waals surface area contributed by atoms with Crippen LogP contribution in [-0.2, 0) is 50.1 Å². The van der Waals surface area contributed by atoms with Gasteiger partial charge in [0.05, 0.1) is 63.8 Å². The van der Waals surface area contributed by atoms with Gasteiger partial charge in [-0.15, -0.1) is 0 Å². The largest absolute Gasteiger partial charge is 1.00 e. The summed E-state index contributed by atoms with van der Waals surface area (Å²) in [6, 6.07) is 13.4. The van der Waals surface area contributed by atoms with Crippen LogP contribution in [0.4, 0.5) is 22.7 Å². The minimum Gasteiger partial charge on any atom is -0.395 e. The van der Waals surface area contributed by atoms with Gasteiger partial charge in [-0.1, -0.05) is 24.3 Å². The van der Waals surface area contributed by atoms with Crippen LogP contribution in [0.15, 0.2) is 135 Å². The zero-order chi connectivity index (χ0) is 51.8. The van der Waals surface area contributed by atoms with Crippen molar-refractivity contribution < 1.29 is 95.7 Å². The third-order valence-corrected chi connectivity index (χ3v) is 13.3. The van der Waals surface area contributed by atoms with E-state index in [9.17, 15) is 61.5 Å². The van der Waals surface area contributed by atoms with Gasteiger partial charge in [-0.05, 0) is 97.8 Å². The van der Waals surface area contributed by atoms with Crippen molar-refractivity contribution in [2.24, 2.45) is 30.7 Å². The number of aliphatic hydroxyl groups is 3. The van der Waals surface area contributed by atoms with Gasteiger partial charge in [0.15, 0.2) is 12.1 Å². The number of hydrazone groups is 2. The third kappa shape index (κ3) is 15.1. The van der Waals surface area contributed by atoms with E-state index in [-0.39, 0.29) is 84.0 Å². The molecular weight excluding hydrogens is 1010 g/mol. The van der Waals surface area contributed by atoms with Crippen LogP contribution in [0.5, 0.6) is 0 Å². The Bertz CT molecular complexity index is 3030. The second-order valence-corrected chi connectivity index (χ2v) is 20.3. The fraction of sp³-hybridized carbons (Fsp3) is 0.250. The van der Waals surface area contributed by atoms with Gasteiger partial charge in [-0.25, -0.2) is 0 Å². The minimum absolute atomic E-state index is 0. The SMILES string of the molecule is CC1=NN(c2ccc(S(=O)(=O)O)cc2)C(=O)C1N=Nc1ccc(/C=C/c2ccc(N=NC3C(=O)N(c4ccc(S(=O)(=O)O)cc4)N=C3C)cc2S(=O)(=O)O)c(S(=O)(=O)O)c1.OCCN(CCO)CCO.[Li+]. The average Bonchev–Trinajstić information content (AvgIpc) is 3.74. The Morgan fingerprint density at radius 3 is 1.14 bits per heavy atom. The summed E-state index contributed by atoms with van der Waals surface area (Å²) in [6.45, 7) is 4.68. The molecule has 26 nitrogen and oxygen atoms in total. The number of azo groups is 2. The number of hydrogen-bond acceptors (Lipinski definition) is 20. The number of benzene rings is 4. The Balaban J connectivity index is 0.000000896. The number of carbonyl (C=O) groups excluding carboxylic acids is 2. The first-order chi connectivity index (χ1) is 32.8. The van der Waals surface area contributed by atoms with E-state index in [1.165, 1.54) is 62.4 Å². The van der Waals surface area contributed by atoms with Gasteiger partial charge in [0, 0.05) is 19.6 Å². The summed E-state index contributed by atoms with van der Waals surface area (Å²) in [5.41, 5.74) is 0.0437. The minimum atomic E-state index is -4.96. The van der Waals surface area contributed by atoms with Crippen molar-refractivity contribution in [2.75, 3.05) is 49.5 Å². The summed E-state index contributed by atoms with van der Waals surface area (Å²) in [7, 11) is -18.9. The summed E-state index contributed by atoms with van der Waals surface area (Å²) in [6.07, 6.45) is 2.23. The van der Waals surface area contributed by atoms with Crippen LogP contribution in [0.25, 0.3) is 12.2 Å². The Hall–Kier alpha value is -5.82. The van der Waals surface area contributed by atoms with Crippen LogP contribution in [0.1, 0.15) is 25.0 Å². The number of amides is 2. The first-order valence-electron chi connectivity index (χ1n) is 20.0. The molecule has 0 saturated carbocycles. The Kier molecular flexibility index (Phi) is 19.6. The van der Waals surface area contributed by atoms with Gasteiger partial charge in [-0.3, -0.25) is 32.7 Å². The number of rotatable bonds is 18. The molecule has 6 rings (SSSR count). The summed E-state index contributed by atoms with van der Waals surface area (Å²) in [5, 5.41) is 51.3. The number of aliphatic hydroxyl groups excluding tert-OH is 3. The molecule has 31 heteroatoms. The van der Waals surface area contributed by atoms with E-state index < -0.39 is 84.0 Å². The van der Waals surface area contributed by atoms with Crippen molar-refractivity contribution in [2.45, 2.75) is 45.5 Å². The second-order valence-electron chi connectivity index (χ2n) is 14.7. The molecule has 374 valence electrons. The van der Waals surface area contributed by atoms with E-state index in [0.717, 1.165) is 58.6 Å². The van der Waals surface area contributed by atoms with E-state index in [1.807, 2.05) is 0 Å². The van der Waals surface area contributed by atoms with E-state index >= 15 is 0 Å².